The Morgan fingerprint density at radius 3 is 2.65 bits per heavy atom. The third kappa shape index (κ3) is 2.12. The first kappa shape index (κ1) is 12.3. The molecule has 0 unspecified atom stereocenters. The van der Waals surface area contributed by atoms with Crippen LogP contribution in [0, 0.1) is 0 Å². The summed E-state index contributed by atoms with van der Waals surface area (Å²) in [5.41, 5.74) is 0.304. The van der Waals surface area contributed by atoms with Crippen molar-refractivity contribution in [2.75, 3.05) is 0 Å². The SMILES string of the molecule is CCC[C@H]1CC2=C(C(=O)O1)[C@H](O)[C@H](O)CC2=O. The third-order valence-electron chi connectivity index (χ3n) is 3.25. The minimum absolute atomic E-state index is 0.0406. The molecule has 17 heavy (non-hydrogen) atoms. The van der Waals surface area contributed by atoms with Gasteiger partial charge in [0.2, 0.25) is 0 Å². The number of hydrogen-bond acceptors (Lipinski definition) is 5. The lowest BCUT2D eigenvalue weighted by atomic mass is 9.82. The maximum absolute atomic E-state index is 11.7. The Hall–Kier alpha value is -1.20. The topological polar surface area (TPSA) is 83.8 Å². The first-order valence-corrected chi connectivity index (χ1v) is 5.88. The van der Waals surface area contributed by atoms with Crippen LogP contribution in [0.5, 0.6) is 0 Å². The van der Waals surface area contributed by atoms with E-state index in [1.54, 1.807) is 0 Å². The van der Waals surface area contributed by atoms with Gasteiger partial charge in [0.1, 0.15) is 12.2 Å². The molecule has 0 saturated heterocycles. The number of aliphatic hydroxyl groups excluding tert-OH is 2. The third-order valence-corrected chi connectivity index (χ3v) is 3.25. The molecule has 0 aromatic carbocycles. The van der Waals surface area contributed by atoms with E-state index in [9.17, 15) is 19.8 Å². The van der Waals surface area contributed by atoms with Crippen molar-refractivity contribution in [2.24, 2.45) is 0 Å². The number of cyclic esters (lactones) is 1. The van der Waals surface area contributed by atoms with Crippen LogP contribution >= 0.6 is 0 Å². The number of ketones is 1. The molecule has 94 valence electrons. The summed E-state index contributed by atoms with van der Waals surface area (Å²) in [6.07, 6.45) is -0.968. The molecule has 0 fully saturated rings. The summed E-state index contributed by atoms with van der Waals surface area (Å²) >= 11 is 0. The first-order valence-electron chi connectivity index (χ1n) is 5.88. The zero-order valence-corrected chi connectivity index (χ0v) is 9.68. The molecule has 0 radical (unpaired) electrons. The molecule has 5 heteroatoms. The Morgan fingerprint density at radius 1 is 1.29 bits per heavy atom. The fourth-order valence-electron chi connectivity index (χ4n) is 2.38. The van der Waals surface area contributed by atoms with Gasteiger partial charge < -0.3 is 14.9 Å². The maximum atomic E-state index is 11.7. The average molecular weight is 240 g/mol. The minimum atomic E-state index is -1.29. The van der Waals surface area contributed by atoms with Crippen LogP contribution in [0.3, 0.4) is 0 Å². The molecule has 0 aromatic rings. The Kier molecular flexibility index (Phi) is 3.31. The summed E-state index contributed by atoms with van der Waals surface area (Å²) in [4.78, 5) is 23.5. The van der Waals surface area contributed by atoms with Gasteiger partial charge in [-0.2, -0.15) is 0 Å². The maximum Gasteiger partial charge on any atom is 0.337 e. The summed E-state index contributed by atoms with van der Waals surface area (Å²) in [6.45, 7) is 1.97. The van der Waals surface area contributed by atoms with E-state index in [1.807, 2.05) is 6.92 Å². The second-order valence-corrected chi connectivity index (χ2v) is 4.55. The van der Waals surface area contributed by atoms with E-state index in [1.165, 1.54) is 0 Å². The molecular formula is C12H16O5. The molecule has 0 spiro atoms. The summed E-state index contributed by atoms with van der Waals surface area (Å²) in [7, 11) is 0. The van der Waals surface area contributed by atoms with Gasteiger partial charge in [-0.3, -0.25) is 4.79 Å². The lowest BCUT2D eigenvalue weighted by Gasteiger charge is -2.33. The van der Waals surface area contributed by atoms with Crippen molar-refractivity contribution in [2.45, 2.75) is 50.9 Å². The zero-order chi connectivity index (χ0) is 12.6. The molecule has 0 aromatic heterocycles. The highest BCUT2D eigenvalue weighted by Crippen LogP contribution is 2.32. The second kappa shape index (κ2) is 4.58. The Labute approximate surface area is 99.1 Å². The highest BCUT2D eigenvalue weighted by Gasteiger charge is 2.42. The standard InChI is InChI=1S/C12H16O5/c1-2-3-6-4-7-8(13)5-9(14)11(15)10(7)12(16)17-6/h6,9,11,14-15H,2-5H2,1H3/t6-,9+,11+/m0/s1. The summed E-state index contributed by atoms with van der Waals surface area (Å²) in [5, 5.41) is 19.2. The number of Topliss-reactive ketones (excluding diaryl/α,β-unsaturated/α-hetero) is 1. The van der Waals surface area contributed by atoms with Crippen LogP contribution in [0.4, 0.5) is 0 Å². The molecule has 0 bridgehead atoms. The smallest absolute Gasteiger partial charge is 0.337 e. The van der Waals surface area contributed by atoms with Crippen LogP contribution < -0.4 is 0 Å². The number of aliphatic hydroxyl groups is 2. The van der Waals surface area contributed by atoms with Crippen LogP contribution in [-0.4, -0.2) is 40.3 Å². The van der Waals surface area contributed by atoms with Gasteiger partial charge in [-0.25, -0.2) is 4.79 Å². The minimum Gasteiger partial charge on any atom is -0.459 e. The largest absolute Gasteiger partial charge is 0.459 e. The number of esters is 1. The van der Waals surface area contributed by atoms with E-state index in [0.717, 1.165) is 6.42 Å². The molecule has 1 heterocycles. The molecule has 0 saturated carbocycles. The fraction of sp³-hybridized carbons (Fsp3) is 0.667. The summed E-state index contributed by atoms with van der Waals surface area (Å²) < 4.78 is 5.14. The number of hydrogen-bond donors (Lipinski definition) is 2. The van der Waals surface area contributed by atoms with Gasteiger partial charge >= 0.3 is 5.97 Å². The fourth-order valence-corrected chi connectivity index (χ4v) is 2.38. The van der Waals surface area contributed by atoms with Crippen molar-refractivity contribution < 1.29 is 24.5 Å². The molecule has 5 nitrogen and oxygen atoms in total. The van der Waals surface area contributed by atoms with Crippen molar-refractivity contribution in [3.05, 3.63) is 11.1 Å². The molecule has 2 aliphatic rings. The van der Waals surface area contributed by atoms with Crippen molar-refractivity contribution in [3.63, 3.8) is 0 Å². The highest BCUT2D eigenvalue weighted by molar-refractivity contribution is 6.07. The molecule has 2 N–H and O–H groups in total. The van der Waals surface area contributed by atoms with Crippen LogP contribution in [0.15, 0.2) is 11.1 Å². The van der Waals surface area contributed by atoms with Crippen LogP contribution in [0.1, 0.15) is 32.6 Å². The first-order chi connectivity index (χ1) is 8.04. The van der Waals surface area contributed by atoms with Gasteiger partial charge in [0, 0.05) is 18.4 Å². The highest BCUT2D eigenvalue weighted by atomic mass is 16.5. The zero-order valence-electron chi connectivity index (χ0n) is 9.68. The average Bonchev–Trinajstić information content (AvgIpc) is 2.26. The lowest BCUT2D eigenvalue weighted by Crippen LogP contribution is -2.44. The van der Waals surface area contributed by atoms with Gasteiger partial charge in [-0.1, -0.05) is 13.3 Å². The van der Waals surface area contributed by atoms with E-state index in [4.69, 9.17) is 4.74 Å². The molecule has 1 aliphatic carbocycles. The van der Waals surface area contributed by atoms with Crippen molar-refractivity contribution in [1.29, 1.82) is 0 Å². The number of carbonyl (C=O) groups is 2. The van der Waals surface area contributed by atoms with E-state index in [-0.39, 0.29) is 23.9 Å². The number of ether oxygens (including phenoxy) is 1. The number of rotatable bonds is 2. The number of carbonyl (C=O) groups excluding carboxylic acids is 2. The van der Waals surface area contributed by atoms with Crippen molar-refractivity contribution >= 4 is 11.8 Å². The van der Waals surface area contributed by atoms with Crippen LogP contribution in [0.25, 0.3) is 0 Å². The van der Waals surface area contributed by atoms with E-state index in [0.29, 0.717) is 18.4 Å². The van der Waals surface area contributed by atoms with Crippen molar-refractivity contribution in [3.8, 4) is 0 Å². The molecule has 3 atom stereocenters. The van der Waals surface area contributed by atoms with Crippen LogP contribution in [-0.2, 0) is 14.3 Å². The predicted molar refractivity (Wildman–Crippen MR) is 58.1 cm³/mol. The van der Waals surface area contributed by atoms with Crippen LogP contribution in [0.2, 0.25) is 0 Å². The van der Waals surface area contributed by atoms with Gasteiger partial charge in [-0.05, 0) is 6.42 Å². The van der Waals surface area contributed by atoms with Gasteiger partial charge in [0.05, 0.1) is 11.7 Å². The quantitative estimate of drug-likeness (QED) is 0.668. The normalized spacial score (nSPS) is 33.5. The molecular weight excluding hydrogens is 224 g/mol. The molecule has 2 rings (SSSR count). The Bertz CT molecular complexity index is 384. The van der Waals surface area contributed by atoms with E-state index >= 15 is 0 Å². The van der Waals surface area contributed by atoms with Gasteiger partial charge in [0.25, 0.3) is 0 Å². The van der Waals surface area contributed by atoms with E-state index < -0.39 is 18.2 Å². The Morgan fingerprint density at radius 2 is 2.00 bits per heavy atom. The predicted octanol–water partition coefficient (Wildman–Crippen LogP) is 0.0932. The van der Waals surface area contributed by atoms with E-state index in [2.05, 4.69) is 0 Å². The summed E-state index contributed by atoms with van der Waals surface area (Å²) in [6, 6.07) is 0. The van der Waals surface area contributed by atoms with Gasteiger partial charge in [-0.15, -0.1) is 0 Å². The molecule has 1 aliphatic heterocycles. The van der Waals surface area contributed by atoms with Crippen molar-refractivity contribution in [1.82, 2.24) is 0 Å². The second-order valence-electron chi connectivity index (χ2n) is 4.55. The Balaban J connectivity index is 2.32. The van der Waals surface area contributed by atoms with Gasteiger partial charge in [0.15, 0.2) is 5.78 Å². The summed E-state index contributed by atoms with van der Waals surface area (Å²) in [5.74, 6) is -0.917. The monoisotopic (exact) mass is 240 g/mol. The lowest BCUT2D eigenvalue weighted by molar-refractivity contribution is -0.151. The molecule has 0 amide bonds.